The Labute approximate surface area is 156 Å². The van der Waals surface area contributed by atoms with Crippen LogP contribution in [0.2, 0.25) is 0 Å². The summed E-state index contributed by atoms with van der Waals surface area (Å²) in [5, 5.41) is 2.86. The van der Waals surface area contributed by atoms with E-state index in [0.29, 0.717) is 6.54 Å². The first kappa shape index (κ1) is 19.1. The number of rotatable bonds is 7. The predicted octanol–water partition coefficient (Wildman–Crippen LogP) is 3.37. The Bertz CT molecular complexity index is 735. The van der Waals surface area contributed by atoms with Gasteiger partial charge in [-0.2, -0.15) is 0 Å². The zero-order chi connectivity index (χ0) is 18.2. The fourth-order valence-corrected chi connectivity index (χ4v) is 2.63. The molecule has 0 saturated heterocycles. The number of benzene rings is 2. The summed E-state index contributed by atoms with van der Waals surface area (Å²) >= 11 is 3.44. The topological polar surface area (TPSA) is 58.6 Å². The molecule has 0 aliphatic rings. The van der Waals surface area contributed by atoms with E-state index in [1.807, 2.05) is 55.5 Å². The normalized spacial score (nSPS) is 10.6. The maximum atomic E-state index is 12.4. The van der Waals surface area contributed by atoms with Gasteiger partial charge in [-0.15, -0.1) is 0 Å². The number of hydrogen-bond acceptors (Lipinski definition) is 4. The lowest BCUT2D eigenvalue weighted by Crippen LogP contribution is -2.37. The van der Waals surface area contributed by atoms with Gasteiger partial charge < -0.3 is 10.1 Å². The summed E-state index contributed by atoms with van der Waals surface area (Å²) in [5.41, 5.74) is 2.79. The molecular formula is C19H21BrN2O3. The summed E-state index contributed by atoms with van der Waals surface area (Å²) in [6.45, 7) is 2.60. The SMILES string of the molecule is COC(=O)CN(CC(=O)Nc1ccc(Br)c(C)c1)Cc1ccccc1. The van der Waals surface area contributed by atoms with E-state index < -0.39 is 0 Å². The molecule has 0 aliphatic heterocycles. The van der Waals surface area contributed by atoms with Crippen LogP contribution in [-0.4, -0.2) is 37.0 Å². The number of amides is 1. The number of anilines is 1. The Morgan fingerprint density at radius 2 is 1.84 bits per heavy atom. The predicted molar refractivity (Wildman–Crippen MR) is 101 cm³/mol. The third kappa shape index (κ3) is 6.32. The first-order valence-electron chi connectivity index (χ1n) is 7.87. The third-order valence-electron chi connectivity index (χ3n) is 3.64. The number of carbonyl (C=O) groups excluding carboxylic acids is 2. The van der Waals surface area contributed by atoms with Crippen molar-refractivity contribution in [3.05, 3.63) is 64.1 Å². The third-order valence-corrected chi connectivity index (χ3v) is 4.53. The molecule has 0 unspecified atom stereocenters. The summed E-state index contributed by atoms with van der Waals surface area (Å²) in [6, 6.07) is 15.3. The average molecular weight is 405 g/mol. The quantitative estimate of drug-likeness (QED) is 0.718. The number of ether oxygens (including phenoxy) is 1. The van der Waals surface area contributed by atoms with Crippen molar-refractivity contribution in [3.8, 4) is 0 Å². The summed E-state index contributed by atoms with van der Waals surface area (Å²) in [6.07, 6.45) is 0. The summed E-state index contributed by atoms with van der Waals surface area (Å²) in [4.78, 5) is 25.7. The number of methoxy groups -OCH3 is 1. The first-order chi connectivity index (χ1) is 12.0. The van der Waals surface area contributed by atoms with Gasteiger partial charge in [-0.05, 0) is 36.2 Å². The van der Waals surface area contributed by atoms with E-state index >= 15 is 0 Å². The highest BCUT2D eigenvalue weighted by Gasteiger charge is 2.16. The number of aryl methyl sites for hydroxylation is 1. The van der Waals surface area contributed by atoms with E-state index in [2.05, 4.69) is 21.2 Å². The van der Waals surface area contributed by atoms with Crippen LogP contribution in [0.1, 0.15) is 11.1 Å². The largest absolute Gasteiger partial charge is 0.468 e. The van der Waals surface area contributed by atoms with E-state index in [1.165, 1.54) is 7.11 Å². The second kappa shape index (κ2) is 9.34. The Hall–Kier alpha value is -2.18. The fraction of sp³-hybridized carbons (Fsp3) is 0.263. The van der Waals surface area contributed by atoms with E-state index in [4.69, 9.17) is 4.74 Å². The molecule has 2 rings (SSSR count). The molecule has 2 aromatic carbocycles. The second-order valence-electron chi connectivity index (χ2n) is 5.72. The number of carbonyl (C=O) groups is 2. The zero-order valence-corrected chi connectivity index (χ0v) is 15.9. The van der Waals surface area contributed by atoms with Crippen LogP contribution in [0.15, 0.2) is 53.0 Å². The molecule has 25 heavy (non-hydrogen) atoms. The van der Waals surface area contributed by atoms with Crippen molar-refractivity contribution < 1.29 is 14.3 Å². The van der Waals surface area contributed by atoms with E-state index in [9.17, 15) is 9.59 Å². The maximum absolute atomic E-state index is 12.4. The molecule has 1 amide bonds. The second-order valence-corrected chi connectivity index (χ2v) is 6.57. The lowest BCUT2D eigenvalue weighted by atomic mass is 10.2. The van der Waals surface area contributed by atoms with E-state index in [1.54, 1.807) is 4.90 Å². The van der Waals surface area contributed by atoms with Gasteiger partial charge in [0, 0.05) is 16.7 Å². The van der Waals surface area contributed by atoms with Crippen molar-refractivity contribution >= 4 is 33.5 Å². The Morgan fingerprint density at radius 1 is 1.12 bits per heavy atom. The van der Waals surface area contributed by atoms with Crippen molar-refractivity contribution in [2.45, 2.75) is 13.5 Å². The zero-order valence-electron chi connectivity index (χ0n) is 14.3. The smallest absolute Gasteiger partial charge is 0.319 e. The average Bonchev–Trinajstić information content (AvgIpc) is 2.58. The van der Waals surface area contributed by atoms with Crippen molar-refractivity contribution in [2.24, 2.45) is 0 Å². The highest BCUT2D eigenvalue weighted by atomic mass is 79.9. The molecule has 0 heterocycles. The minimum absolute atomic E-state index is 0.0537. The number of hydrogen-bond donors (Lipinski definition) is 1. The van der Waals surface area contributed by atoms with E-state index in [0.717, 1.165) is 21.3 Å². The van der Waals surface area contributed by atoms with Crippen LogP contribution in [0.3, 0.4) is 0 Å². The molecule has 6 heteroatoms. The molecule has 5 nitrogen and oxygen atoms in total. The van der Waals surface area contributed by atoms with Crippen molar-refractivity contribution in [3.63, 3.8) is 0 Å². The van der Waals surface area contributed by atoms with Gasteiger partial charge in [0.2, 0.25) is 5.91 Å². The highest BCUT2D eigenvalue weighted by molar-refractivity contribution is 9.10. The molecule has 0 fully saturated rings. The lowest BCUT2D eigenvalue weighted by molar-refractivity contribution is -0.142. The molecule has 0 spiro atoms. The molecule has 0 aliphatic carbocycles. The minimum Gasteiger partial charge on any atom is -0.468 e. The molecule has 1 N–H and O–H groups in total. The molecule has 132 valence electrons. The minimum atomic E-state index is -0.372. The van der Waals surface area contributed by atoms with Crippen molar-refractivity contribution in [1.82, 2.24) is 4.90 Å². The number of nitrogens with one attached hydrogen (secondary N) is 1. The van der Waals surface area contributed by atoms with Crippen LogP contribution in [0.5, 0.6) is 0 Å². The molecule has 0 radical (unpaired) electrons. The van der Waals surface area contributed by atoms with Crippen LogP contribution >= 0.6 is 15.9 Å². The Balaban J connectivity index is 2.02. The Kier molecular flexibility index (Phi) is 7.16. The van der Waals surface area contributed by atoms with Crippen molar-refractivity contribution in [1.29, 1.82) is 0 Å². The van der Waals surface area contributed by atoms with Gasteiger partial charge in [0.15, 0.2) is 0 Å². The van der Waals surface area contributed by atoms with Crippen LogP contribution in [0.25, 0.3) is 0 Å². The molecular weight excluding hydrogens is 384 g/mol. The van der Waals surface area contributed by atoms with Gasteiger partial charge in [0.25, 0.3) is 0 Å². The lowest BCUT2D eigenvalue weighted by Gasteiger charge is -2.20. The molecule has 0 atom stereocenters. The first-order valence-corrected chi connectivity index (χ1v) is 8.66. The molecule has 0 aromatic heterocycles. The highest BCUT2D eigenvalue weighted by Crippen LogP contribution is 2.20. The van der Waals surface area contributed by atoms with Crippen LogP contribution < -0.4 is 5.32 Å². The van der Waals surface area contributed by atoms with Gasteiger partial charge in [-0.1, -0.05) is 46.3 Å². The van der Waals surface area contributed by atoms with Gasteiger partial charge in [-0.25, -0.2) is 0 Å². The van der Waals surface area contributed by atoms with Crippen LogP contribution in [-0.2, 0) is 20.9 Å². The summed E-state index contributed by atoms with van der Waals surface area (Å²) in [7, 11) is 1.34. The number of halogens is 1. The monoisotopic (exact) mass is 404 g/mol. The summed E-state index contributed by atoms with van der Waals surface area (Å²) < 4.78 is 5.72. The van der Waals surface area contributed by atoms with Gasteiger partial charge in [0.05, 0.1) is 20.2 Å². The van der Waals surface area contributed by atoms with Crippen molar-refractivity contribution in [2.75, 3.05) is 25.5 Å². The molecule has 0 bridgehead atoms. The number of nitrogens with zero attached hydrogens (tertiary/aromatic N) is 1. The molecule has 0 saturated carbocycles. The standard InChI is InChI=1S/C19H21BrN2O3/c1-14-10-16(8-9-17(14)20)21-18(23)12-22(13-19(24)25-2)11-15-6-4-3-5-7-15/h3-10H,11-13H2,1-2H3,(H,21,23). The Morgan fingerprint density at radius 3 is 2.48 bits per heavy atom. The van der Waals surface area contributed by atoms with Gasteiger partial charge in [-0.3, -0.25) is 14.5 Å². The summed E-state index contributed by atoms with van der Waals surface area (Å²) in [5.74, 6) is -0.551. The van der Waals surface area contributed by atoms with Gasteiger partial charge >= 0.3 is 5.97 Å². The van der Waals surface area contributed by atoms with Crippen LogP contribution in [0.4, 0.5) is 5.69 Å². The number of esters is 1. The maximum Gasteiger partial charge on any atom is 0.319 e. The fourth-order valence-electron chi connectivity index (χ4n) is 2.38. The van der Waals surface area contributed by atoms with Gasteiger partial charge in [0.1, 0.15) is 0 Å². The molecule has 2 aromatic rings. The van der Waals surface area contributed by atoms with Crippen LogP contribution in [0, 0.1) is 6.92 Å². The van der Waals surface area contributed by atoms with E-state index in [-0.39, 0.29) is 25.0 Å².